The molecule has 48 heavy (non-hydrogen) atoms. The summed E-state index contributed by atoms with van der Waals surface area (Å²) >= 11 is 0. The molecule has 0 atom stereocenters. The molecule has 0 aliphatic carbocycles. The molecule has 0 aliphatic heterocycles. The van der Waals surface area contributed by atoms with Gasteiger partial charge in [-0.05, 0) is 51.0 Å². The highest BCUT2D eigenvalue weighted by Crippen LogP contribution is 2.41. The first kappa shape index (κ1) is 37.0. The van der Waals surface area contributed by atoms with Gasteiger partial charge in [0.1, 0.15) is 12.8 Å². The van der Waals surface area contributed by atoms with Crippen LogP contribution in [-0.2, 0) is 32.3 Å². The van der Waals surface area contributed by atoms with Gasteiger partial charge in [0.05, 0.1) is 11.0 Å². The second kappa shape index (κ2) is 17.4. The van der Waals surface area contributed by atoms with Gasteiger partial charge in [0.25, 0.3) is 11.8 Å². The lowest BCUT2D eigenvalue weighted by molar-refractivity contribution is -0.130. The van der Waals surface area contributed by atoms with Crippen molar-refractivity contribution in [2.75, 3.05) is 0 Å². The van der Waals surface area contributed by atoms with Crippen LogP contribution in [0.25, 0.3) is 21.8 Å². The summed E-state index contributed by atoms with van der Waals surface area (Å²) in [6.07, 6.45) is 2.66. The van der Waals surface area contributed by atoms with Gasteiger partial charge in [-0.1, -0.05) is 49.9 Å². The zero-order chi connectivity index (χ0) is 35.4. The van der Waals surface area contributed by atoms with Crippen molar-refractivity contribution in [3.05, 3.63) is 47.5 Å². The SMILES string of the molecule is CCCCn1c(O)c(N=NC(=O)CC(=O)N=Nc2c(O)n(CCCC)c3ccc(C)cc23)c2cc(C)ccc21.NNC(=O)CC(=O)NN. The zero-order valence-electron chi connectivity index (χ0n) is 27.5. The zero-order valence-corrected chi connectivity index (χ0v) is 27.5. The molecule has 4 amide bonds. The van der Waals surface area contributed by atoms with E-state index in [2.05, 4.69) is 46.0 Å². The van der Waals surface area contributed by atoms with E-state index in [-0.39, 0.29) is 29.6 Å². The molecule has 0 saturated heterocycles. The van der Waals surface area contributed by atoms with E-state index in [1.165, 1.54) is 0 Å². The van der Waals surface area contributed by atoms with E-state index in [0.717, 1.165) is 47.8 Å². The highest BCUT2D eigenvalue weighted by atomic mass is 16.3. The number of aryl methyl sites for hydroxylation is 4. The molecule has 0 fully saturated rings. The molecule has 0 radical (unpaired) electrons. The Morgan fingerprint density at radius 3 is 1.44 bits per heavy atom. The van der Waals surface area contributed by atoms with Crippen LogP contribution in [0, 0.1) is 13.8 Å². The quantitative estimate of drug-likeness (QED) is 0.0400. The maximum atomic E-state index is 12.5. The van der Waals surface area contributed by atoms with Crippen LogP contribution in [0.15, 0.2) is 56.9 Å². The highest BCUT2D eigenvalue weighted by Gasteiger charge is 2.19. The van der Waals surface area contributed by atoms with E-state index in [1.54, 1.807) is 20.0 Å². The van der Waals surface area contributed by atoms with Gasteiger partial charge in [-0.3, -0.25) is 30.0 Å². The van der Waals surface area contributed by atoms with Crippen LogP contribution in [0.1, 0.15) is 63.5 Å². The van der Waals surface area contributed by atoms with E-state index in [1.807, 2.05) is 50.2 Å². The van der Waals surface area contributed by atoms with Crippen molar-refractivity contribution in [1.29, 1.82) is 0 Å². The van der Waals surface area contributed by atoms with Crippen LogP contribution < -0.4 is 22.5 Å². The molecule has 16 nitrogen and oxygen atoms in total. The topological polar surface area (TPSA) is 244 Å². The number of nitrogens with two attached hydrogens (primary N) is 2. The van der Waals surface area contributed by atoms with Gasteiger partial charge >= 0.3 is 0 Å². The predicted octanol–water partition coefficient (Wildman–Crippen LogP) is 4.89. The number of nitrogens with one attached hydrogen (secondary N) is 2. The molecule has 0 aliphatic rings. The minimum absolute atomic E-state index is 0.0724. The summed E-state index contributed by atoms with van der Waals surface area (Å²) in [5.74, 6) is 6.39. The number of unbranched alkanes of at least 4 members (excludes halogenated alkanes) is 2. The number of carbonyl (C=O) groups excluding carboxylic acids is 4. The number of benzene rings is 2. The van der Waals surface area contributed by atoms with Crippen molar-refractivity contribution >= 4 is 56.8 Å². The van der Waals surface area contributed by atoms with Gasteiger partial charge in [-0.15, -0.1) is 20.5 Å². The molecule has 0 saturated carbocycles. The number of carbonyl (C=O) groups is 4. The molecule has 2 aromatic heterocycles. The van der Waals surface area contributed by atoms with E-state index in [9.17, 15) is 29.4 Å². The Kier molecular flexibility index (Phi) is 13.4. The number of azo groups is 2. The molecule has 256 valence electrons. The molecular formula is C32H42N10O6. The number of fused-ring (bicyclic) bond motifs is 2. The number of hydrogen-bond acceptors (Lipinski definition) is 10. The average molecular weight is 663 g/mol. The van der Waals surface area contributed by atoms with E-state index in [4.69, 9.17) is 0 Å². The van der Waals surface area contributed by atoms with Crippen LogP contribution in [0.3, 0.4) is 0 Å². The van der Waals surface area contributed by atoms with E-state index >= 15 is 0 Å². The fourth-order valence-electron chi connectivity index (χ4n) is 4.82. The minimum Gasteiger partial charge on any atom is -0.493 e. The van der Waals surface area contributed by atoms with Gasteiger partial charge in [-0.2, -0.15) is 0 Å². The molecule has 4 aromatic rings. The van der Waals surface area contributed by atoms with Gasteiger partial charge in [-0.25, -0.2) is 11.7 Å². The van der Waals surface area contributed by atoms with E-state index < -0.39 is 30.0 Å². The van der Waals surface area contributed by atoms with Gasteiger partial charge < -0.3 is 19.3 Å². The molecule has 0 unspecified atom stereocenters. The number of hydrogen-bond donors (Lipinski definition) is 6. The average Bonchev–Trinajstić information content (AvgIpc) is 3.47. The van der Waals surface area contributed by atoms with Crippen LogP contribution in [0.5, 0.6) is 11.8 Å². The molecular weight excluding hydrogens is 620 g/mol. The summed E-state index contributed by atoms with van der Waals surface area (Å²) in [6, 6.07) is 11.4. The maximum Gasteiger partial charge on any atom is 0.274 e. The summed E-state index contributed by atoms with van der Waals surface area (Å²) in [7, 11) is 0. The molecule has 8 N–H and O–H groups in total. The summed E-state index contributed by atoms with van der Waals surface area (Å²) in [6.45, 7) is 9.18. The number of hydrazine groups is 2. The summed E-state index contributed by atoms with van der Waals surface area (Å²) in [4.78, 5) is 45.4. The lowest BCUT2D eigenvalue weighted by Gasteiger charge is -2.05. The van der Waals surface area contributed by atoms with Crippen LogP contribution in [-0.4, -0.2) is 43.0 Å². The highest BCUT2D eigenvalue weighted by molar-refractivity contribution is 6.00. The summed E-state index contributed by atoms with van der Waals surface area (Å²) in [5.41, 5.74) is 7.47. The predicted molar refractivity (Wildman–Crippen MR) is 179 cm³/mol. The molecule has 0 spiro atoms. The molecule has 2 aromatic carbocycles. The van der Waals surface area contributed by atoms with Crippen molar-refractivity contribution in [2.24, 2.45) is 32.1 Å². The smallest absolute Gasteiger partial charge is 0.274 e. The Morgan fingerprint density at radius 1 is 0.688 bits per heavy atom. The third-order valence-electron chi connectivity index (χ3n) is 7.27. The summed E-state index contributed by atoms with van der Waals surface area (Å²) < 4.78 is 3.50. The third-order valence-corrected chi connectivity index (χ3v) is 7.27. The Labute approximate surface area is 276 Å². The van der Waals surface area contributed by atoms with Gasteiger partial charge in [0, 0.05) is 23.9 Å². The molecule has 4 rings (SSSR count). The second-order valence-electron chi connectivity index (χ2n) is 11.1. The first-order chi connectivity index (χ1) is 22.9. The van der Waals surface area contributed by atoms with Crippen molar-refractivity contribution in [3.8, 4) is 11.8 Å². The van der Waals surface area contributed by atoms with Gasteiger partial charge in [0.2, 0.25) is 23.6 Å². The Balaban J connectivity index is 0.000000609. The molecule has 0 bridgehead atoms. The number of amides is 4. The number of nitrogens with zero attached hydrogens (tertiary/aromatic N) is 6. The van der Waals surface area contributed by atoms with Crippen molar-refractivity contribution < 1.29 is 29.4 Å². The first-order valence-corrected chi connectivity index (χ1v) is 15.5. The second-order valence-corrected chi connectivity index (χ2v) is 11.1. The van der Waals surface area contributed by atoms with Crippen molar-refractivity contribution in [1.82, 2.24) is 20.0 Å². The number of rotatable bonds is 12. The van der Waals surface area contributed by atoms with E-state index in [0.29, 0.717) is 23.9 Å². The van der Waals surface area contributed by atoms with Crippen molar-refractivity contribution in [3.63, 3.8) is 0 Å². The first-order valence-electron chi connectivity index (χ1n) is 15.5. The third kappa shape index (κ3) is 9.29. The summed E-state index contributed by atoms with van der Waals surface area (Å²) in [5, 5.41) is 38.3. The minimum atomic E-state index is -0.814. The normalized spacial score (nSPS) is 11.3. The number of aromatic nitrogens is 2. The standard InChI is InChI=1S/C29H34N6O4.C3H8N4O2/c1-5-7-13-34-22-11-9-18(3)15-20(22)26(28(34)38)32-30-24(36)17-25(37)31-33-27-21-16-19(4)10-12-23(21)35(29(27)39)14-8-6-2;4-6-2(8)1-3(9)7-5/h9-12,15-16,38-39H,5-8,13-14,17H2,1-4H3;1,4-5H2,(H,6,8)(H,7,9). The fourth-order valence-corrected chi connectivity index (χ4v) is 4.82. The van der Waals surface area contributed by atoms with Crippen molar-refractivity contribution in [2.45, 2.75) is 79.3 Å². The molecule has 2 heterocycles. The Bertz CT molecular complexity index is 1730. The van der Waals surface area contributed by atoms with Crippen LogP contribution in [0.4, 0.5) is 11.4 Å². The lowest BCUT2D eigenvalue weighted by atomic mass is 10.1. The Morgan fingerprint density at radius 2 is 1.08 bits per heavy atom. The lowest BCUT2D eigenvalue weighted by Crippen LogP contribution is -2.37. The van der Waals surface area contributed by atoms with Crippen LogP contribution >= 0.6 is 0 Å². The monoisotopic (exact) mass is 662 g/mol. The fraction of sp³-hybridized carbons (Fsp3) is 0.375. The Hall–Kier alpha value is -5.48. The molecule has 16 heteroatoms. The van der Waals surface area contributed by atoms with Crippen LogP contribution in [0.2, 0.25) is 0 Å². The van der Waals surface area contributed by atoms with Gasteiger partial charge in [0.15, 0.2) is 11.4 Å². The largest absolute Gasteiger partial charge is 0.493 e. The number of aromatic hydroxyl groups is 2. The maximum absolute atomic E-state index is 12.5.